The van der Waals surface area contributed by atoms with Gasteiger partial charge in [0.25, 0.3) is 0 Å². The van der Waals surface area contributed by atoms with E-state index in [0.717, 1.165) is 16.5 Å². The van der Waals surface area contributed by atoms with Gasteiger partial charge in [-0.15, -0.1) is 0 Å². The van der Waals surface area contributed by atoms with Crippen molar-refractivity contribution < 1.29 is 4.42 Å². The Morgan fingerprint density at radius 1 is 1.40 bits per heavy atom. The van der Waals surface area contributed by atoms with Gasteiger partial charge in [0.1, 0.15) is 5.58 Å². The molecule has 2 rings (SSSR count). The molecule has 0 spiro atoms. The lowest BCUT2D eigenvalue weighted by molar-refractivity contribution is 0.592. The van der Waals surface area contributed by atoms with Gasteiger partial charge in [-0.3, -0.25) is 0 Å². The van der Waals surface area contributed by atoms with E-state index in [1.165, 1.54) is 0 Å². The molecule has 1 unspecified atom stereocenters. The summed E-state index contributed by atoms with van der Waals surface area (Å²) in [6.07, 6.45) is 2.83. The predicted octanol–water partition coefficient (Wildman–Crippen LogP) is 2.74. The van der Waals surface area contributed by atoms with E-state index in [4.69, 9.17) is 15.4 Å². The second kappa shape index (κ2) is 4.16. The van der Waals surface area contributed by atoms with E-state index in [9.17, 15) is 0 Å². The van der Waals surface area contributed by atoms with Crippen LogP contribution in [0, 0.1) is 11.3 Å². The summed E-state index contributed by atoms with van der Waals surface area (Å²) in [6, 6.07) is 9.76. The third-order valence-electron chi connectivity index (χ3n) is 2.48. The molecule has 76 valence electrons. The van der Waals surface area contributed by atoms with E-state index in [0.29, 0.717) is 12.8 Å². The molecule has 0 amide bonds. The molecular formula is C12H12N2O. The highest BCUT2D eigenvalue weighted by Gasteiger charge is 2.12. The van der Waals surface area contributed by atoms with Crippen molar-refractivity contribution in [3.8, 4) is 6.07 Å². The number of nitrogens with two attached hydrogens (primary N) is 1. The molecule has 2 aromatic rings. The maximum atomic E-state index is 8.50. The van der Waals surface area contributed by atoms with Crippen LogP contribution in [-0.4, -0.2) is 0 Å². The first-order valence-corrected chi connectivity index (χ1v) is 4.91. The summed E-state index contributed by atoms with van der Waals surface area (Å²) in [5.41, 5.74) is 7.81. The molecule has 0 saturated carbocycles. The zero-order valence-electron chi connectivity index (χ0n) is 8.31. The van der Waals surface area contributed by atoms with Gasteiger partial charge in [0.15, 0.2) is 0 Å². The molecule has 3 nitrogen and oxygen atoms in total. The molecule has 0 aliphatic carbocycles. The maximum absolute atomic E-state index is 8.50. The van der Waals surface area contributed by atoms with Crippen LogP contribution in [0.5, 0.6) is 0 Å². The van der Waals surface area contributed by atoms with Gasteiger partial charge in [0, 0.05) is 23.4 Å². The zero-order valence-corrected chi connectivity index (χ0v) is 8.31. The molecule has 1 atom stereocenters. The molecule has 0 aliphatic rings. The van der Waals surface area contributed by atoms with E-state index in [1.54, 1.807) is 6.26 Å². The van der Waals surface area contributed by atoms with Crippen LogP contribution >= 0.6 is 0 Å². The molecule has 2 N–H and O–H groups in total. The lowest BCUT2D eigenvalue weighted by Crippen LogP contribution is -2.08. The fraction of sp³-hybridized carbons (Fsp3) is 0.250. The average Bonchev–Trinajstić information content (AvgIpc) is 2.69. The number of nitrogens with zero attached hydrogens (tertiary/aromatic N) is 1. The van der Waals surface area contributed by atoms with Crippen LogP contribution in [0.1, 0.15) is 24.4 Å². The number of para-hydroxylation sites is 1. The summed E-state index contributed by atoms with van der Waals surface area (Å²) >= 11 is 0. The summed E-state index contributed by atoms with van der Waals surface area (Å²) in [7, 11) is 0. The van der Waals surface area contributed by atoms with Gasteiger partial charge in [-0.2, -0.15) is 5.26 Å². The monoisotopic (exact) mass is 200 g/mol. The van der Waals surface area contributed by atoms with Crippen molar-refractivity contribution in [1.82, 2.24) is 0 Å². The van der Waals surface area contributed by atoms with Gasteiger partial charge in [-0.1, -0.05) is 18.2 Å². The van der Waals surface area contributed by atoms with Crippen molar-refractivity contribution in [2.24, 2.45) is 5.73 Å². The topological polar surface area (TPSA) is 63.0 Å². The van der Waals surface area contributed by atoms with Gasteiger partial charge in [-0.05, 0) is 12.5 Å². The highest BCUT2D eigenvalue weighted by atomic mass is 16.3. The first-order valence-electron chi connectivity index (χ1n) is 4.91. The van der Waals surface area contributed by atoms with Crippen LogP contribution in [0.15, 0.2) is 34.9 Å². The van der Waals surface area contributed by atoms with Crippen molar-refractivity contribution >= 4 is 11.0 Å². The lowest BCUT2D eigenvalue weighted by Gasteiger charge is -2.06. The quantitative estimate of drug-likeness (QED) is 0.828. The van der Waals surface area contributed by atoms with Gasteiger partial charge in [0.05, 0.1) is 12.3 Å². The zero-order chi connectivity index (χ0) is 10.7. The van der Waals surface area contributed by atoms with Gasteiger partial charge < -0.3 is 10.2 Å². The third-order valence-corrected chi connectivity index (χ3v) is 2.48. The summed E-state index contributed by atoms with van der Waals surface area (Å²) in [6.45, 7) is 0. The summed E-state index contributed by atoms with van der Waals surface area (Å²) in [4.78, 5) is 0. The number of hydrogen-bond acceptors (Lipinski definition) is 3. The Morgan fingerprint density at radius 3 is 3.00 bits per heavy atom. The minimum atomic E-state index is -0.117. The largest absolute Gasteiger partial charge is 0.464 e. The summed E-state index contributed by atoms with van der Waals surface area (Å²) in [5, 5.41) is 9.54. The van der Waals surface area contributed by atoms with Crippen LogP contribution in [0.25, 0.3) is 11.0 Å². The number of fused-ring (bicyclic) bond motifs is 1. The smallest absolute Gasteiger partial charge is 0.134 e. The molecule has 0 fully saturated rings. The first kappa shape index (κ1) is 9.75. The van der Waals surface area contributed by atoms with Crippen molar-refractivity contribution in [2.45, 2.75) is 18.9 Å². The molecule has 1 heterocycles. The molecule has 15 heavy (non-hydrogen) atoms. The van der Waals surface area contributed by atoms with Crippen LogP contribution in [0.2, 0.25) is 0 Å². The summed E-state index contributed by atoms with van der Waals surface area (Å²) < 4.78 is 5.39. The molecular weight excluding hydrogens is 188 g/mol. The SMILES string of the molecule is N#CCCC(N)c1coc2ccccc12. The Kier molecular flexibility index (Phi) is 2.70. The molecule has 0 bridgehead atoms. The first-order chi connectivity index (χ1) is 7.33. The number of nitriles is 1. The fourth-order valence-corrected chi connectivity index (χ4v) is 1.66. The number of furan rings is 1. The molecule has 3 heteroatoms. The van der Waals surface area contributed by atoms with Crippen LogP contribution in [0.4, 0.5) is 0 Å². The van der Waals surface area contributed by atoms with Gasteiger partial charge >= 0.3 is 0 Å². The third kappa shape index (κ3) is 1.85. The molecule has 0 aliphatic heterocycles. The Morgan fingerprint density at radius 2 is 2.20 bits per heavy atom. The minimum Gasteiger partial charge on any atom is -0.464 e. The highest BCUT2D eigenvalue weighted by molar-refractivity contribution is 5.81. The second-order valence-corrected chi connectivity index (χ2v) is 3.49. The number of benzene rings is 1. The number of rotatable bonds is 3. The molecule has 0 saturated heterocycles. The number of hydrogen-bond donors (Lipinski definition) is 1. The van der Waals surface area contributed by atoms with Crippen molar-refractivity contribution in [3.63, 3.8) is 0 Å². The Hall–Kier alpha value is -1.79. The van der Waals surface area contributed by atoms with E-state index in [1.807, 2.05) is 24.3 Å². The maximum Gasteiger partial charge on any atom is 0.134 e. The fourth-order valence-electron chi connectivity index (χ4n) is 1.66. The highest BCUT2D eigenvalue weighted by Crippen LogP contribution is 2.26. The standard InChI is InChI=1S/C12H12N2O/c13-7-3-5-11(14)10-8-15-12-6-2-1-4-9(10)12/h1-2,4,6,8,11H,3,5,14H2. The molecule has 0 radical (unpaired) electrons. The van der Waals surface area contributed by atoms with E-state index in [2.05, 4.69) is 6.07 Å². The van der Waals surface area contributed by atoms with Crippen LogP contribution < -0.4 is 5.73 Å². The van der Waals surface area contributed by atoms with E-state index < -0.39 is 0 Å². The van der Waals surface area contributed by atoms with E-state index >= 15 is 0 Å². The van der Waals surface area contributed by atoms with Gasteiger partial charge in [0.2, 0.25) is 0 Å². The van der Waals surface area contributed by atoms with Crippen LogP contribution in [0.3, 0.4) is 0 Å². The Balaban J connectivity index is 2.32. The second-order valence-electron chi connectivity index (χ2n) is 3.49. The lowest BCUT2D eigenvalue weighted by atomic mass is 10.0. The minimum absolute atomic E-state index is 0.117. The molecule has 1 aromatic heterocycles. The van der Waals surface area contributed by atoms with Crippen molar-refractivity contribution in [1.29, 1.82) is 5.26 Å². The van der Waals surface area contributed by atoms with Crippen LogP contribution in [-0.2, 0) is 0 Å². The van der Waals surface area contributed by atoms with Crippen molar-refractivity contribution in [2.75, 3.05) is 0 Å². The Labute approximate surface area is 88.1 Å². The van der Waals surface area contributed by atoms with Crippen molar-refractivity contribution in [3.05, 3.63) is 36.1 Å². The predicted molar refractivity (Wildman–Crippen MR) is 58.0 cm³/mol. The normalized spacial score (nSPS) is 12.5. The Bertz CT molecular complexity index is 496. The van der Waals surface area contributed by atoms with E-state index in [-0.39, 0.29) is 6.04 Å². The summed E-state index contributed by atoms with van der Waals surface area (Å²) in [5.74, 6) is 0. The average molecular weight is 200 g/mol. The molecule has 1 aromatic carbocycles. The van der Waals surface area contributed by atoms with Gasteiger partial charge in [-0.25, -0.2) is 0 Å².